The minimum atomic E-state index is -4.25. The zero-order valence-electron chi connectivity index (χ0n) is 13.9. The van der Waals surface area contributed by atoms with E-state index in [-0.39, 0.29) is 39.3 Å². The van der Waals surface area contributed by atoms with Gasteiger partial charge in [0.05, 0.1) is 12.1 Å². The van der Waals surface area contributed by atoms with Crippen LogP contribution >= 0.6 is 18.9 Å². The zero-order chi connectivity index (χ0) is 18.7. The topological polar surface area (TPSA) is 105 Å². The Morgan fingerprint density at radius 1 is 1.19 bits per heavy atom. The molecule has 1 aliphatic rings. The molecule has 1 radical (unpaired) electrons. The molecule has 1 aliphatic heterocycles. The van der Waals surface area contributed by atoms with Gasteiger partial charge in [-0.05, 0) is 17.5 Å². The number of carbonyl (C=O) groups excluding carboxylic acids is 1. The average molecular weight is 508 g/mol. The van der Waals surface area contributed by atoms with Crippen molar-refractivity contribution >= 4 is 46.6 Å². The predicted molar refractivity (Wildman–Crippen MR) is 98.7 cm³/mol. The molecule has 6 atom stereocenters. The molecular weight excluding hydrogens is 491 g/mol. The molecule has 0 aliphatic carbocycles. The maximum absolute atomic E-state index is 11.5. The van der Waals surface area contributed by atoms with Gasteiger partial charge in [-0.15, -0.1) is 6.41 Å². The van der Waals surface area contributed by atoms with E-state index in [2.05, 4.69) is 18.9 Å². The molecule has 27 heavy (non-hydrogen) atoms. The second-order valence-electron chi connectivity index (χ2n) is 5.49. The Morgan fingerprint density at radius 3 is 2.56 bits per heavy atom. The van der Waals surface area contributed by atoms with Crippen LogP contribution in [0.25, 0.3) is 10.9 Å². The largest absolute Gasteiger partial charge is 0.519 e. The number of hydrogen-bond donors (Lipinski definition) is 1. The van der Waals surface area contributed by atoms with Crippen LogP contribution in [0.5, 0.6) is 0 Å². The molecule has 13 heteroatoms. The van der Waals surface area contributed by atoms with Gasteiger partial charge in [-0.3, -0.25) is 4.18 Å². The summed E-state index contributed by atoms with van der Waals surface area (Å²) in [6.45, 7) is -0.365. The van der Waals surface area contributed by atoms with Gasteiger partial charge >= 0.3 is 10.3 Å². The van der Waals surface area contributed by atoms with E-state index in [9.17, 15) is 13.2 Å². The molecule has 0 bridgehead atoms. The number of nitrogens with one attached hydrogen (secondary N) is 1. The molecule has 0 saturated carbocycles. The summed E-state index contributed by atoms with van der Waals surface area (Å²) < 4.78 is 47.8. The first-order valence-electron chi connectivity index (χ1n) is 7.46. The fraction of sp³-hybridized carbons (Fsp3) is 0.357. The second-order valence-corrected chi connectivity index (χ2v) is 7.38. The van der Waals surface area contributed by atoms with E-state index in [4.69, 9.17) is 18.0 Å². The van der Waals surface area contributed by atoms with Crippen LogP contribution in [0.3, 0.4) is 0 Å². The summed E-state index contributed by atoms with van der Waals surface area (Å²) in [7, 11) is 0.0407. The van der Waals surface area contributed by atoms with E-state index in [1.807, 2.05) is 41.1 Å². The number of fused-ring (bicyclic) bond motifs is 1. The molecular formula is C14H17N2O7P2SY-. The van der Waals surface area contributed by atoms with Crippen LogP contribution in [0.15, 0.2) is 36.5 Å². The van der Waals surface area contributed by atoms with Crippen molar-refractivity contribution in [3.05, 3.63) is 36.5 Å². The minimum Gasteiger partial charge on any atom is -0.519 e. The summed E-state index contributed by atoms with van der Waals surface area (Å²) in [5, 5.41) is 1.02. The molecule has 1 saturated heterocycles. The third kappa shape index (κ3) is 5.13. The Kier molecular flexibility index (Phi) is 8.74. The first-order chi connectivity index (χ1) is 12.5. The SMILES string of the molecule is O=[C-]NS(=O)(=O)OC[C@H]1O[C@@H](n2ccc3ccccc32)[C@H](OP)[C@@H]1OP.[Y]. The van der Waals surface area contributed by atoms with Crippen molar-refractivity contribution in [2.45, 2.75) is 24.5 Å². The summed E-state index contributed by atoms with van der Waals surface area (Å²) in [4.78, 5) is 10.2. The minimum absolute atomic E-state index is 0. The summed E-state index contributed by atoms with van der Waals surface area (Å²) in [5.41, 5.74) is 0.929. The molecule has 1 amide bonds. The van der Waals surface area contributed by atoms with Crippen LogP contribution < -0.4 is 4.72 Å². The third-order valence-electron chi connectivity index (χ3n) is 4.06. The van der Waals surface area contributed by atoms with Crippen LogP contribution in [-0.2, 0) is 65.8 Å². The van der Waals surface area contributed by atoms with Crippen LogP contribution in [0.4, 0.5) is 0 Å². The standard InChI is InChI=1S/C14H17N2O7P2S.Y/c17-8-15-26(18,19)20-7-11-12(22-24)13(23-25)14(21-11)16-6-5-9-3-1-2-4-10(9)16;/h1-6,11-14H,7,24-25H2,(H,15,17);/q-1;/t11-,12-,13-,14-;/m1./s1. The monoisotopic (exact) mass is 508 g/mol. The molecule has 145 valence electrons. The summed E-state index contributed by atoms with van der Waals surface area (Å²) in [6, 6.07) is 9.68. The smallest absolute Gasteiger partial charge is 0.331 e. The van der Waals surface area contributed by atoms with Gasteiger partial charge in [0.2, 0.25) is 0 Å². The predicted octanol–water partition coefficient (Wildman–Crippen LogP) is 0.805. The summed E-state index contributed by atoms with van der Waals surface area (Å²) in [6.07, 6.45) is 0.416. The van der Waals surface area contributed by atoms with Crippen molar-refractivity contribution in [3.63, 3.8) is 0 Å². The Hall–Kier alpha value is -0.0161. The van der Waals surface area contributed by atoms with Gasteiger partial charge in [-0.1, -0.05) is 18.2 Å². The molecule has 1 N–H and O–H groups in total. The Morgan fingerprint density at radius 2 is 1.89 bits per heavy atom. The maximum Gasteiger partial charge on any atom is 0.331 e. The van der Waals surface area contributed by atoms with Crippen LogP contribution in [-0.4, -0.2) is 44.3 Å². The quantitative estimate of drug-likeness (QED) is 0.320. The molecule has 1 fully saturated rings. The number of rotatable bonds is 8. The van der Waals surface area contributed by atoms with Crippen molar-refractivity contribution in [1.82, 2.24) is 9.29 Å². The first-order valence-corrected chi connectivity index (χ1v) is 9.81. The average Bonchev–Trinajstić information content (AvgIpc) is 3.20. The van der Waals surface area contributed by atoms with Crippen LogP contribution in [0.1, 0.15) is 6.23 Å². The van der Waals surface area contributed by atoms with E-state index in [0.29, 0.717) is 0 Å². The van der Waals surface area contributed by atoms with Crippen LogP contribution in [0, 0.1) is 0 Å². The van der Waals surface area contributed by atoms with Crippen molar-refractivity contribution < 1.29 is 63.9 Å². The van der Waals surface area contributed by atoms with Gasteiger partial charge in [-0.2, -0.15) is 8.42 Å². The van der Waals surface area contributed by atoms with E-state index in [0.717, 1.165) is 17.3 Å². The van der Waals surface area contributed by atoms with Gasteiger partial charge in [-0.25, -0.2) is 0 Å². The van der Waals surface area contributed by atoms with Crippen LogP contribution in [0.2, 0.25) is 0 Å². The fourth-order valence-electron chi connectivity index (χ4n) is 2.94. The molecule has 1 aromatic heterocycles. The second kappa shape index (κ2) is 10.1. The van der Waals surface area contributed by atoms with Crippen molar-refractivity contribution in [2.75, 3.05) is 6.61 Å². The Bertz CT molecular complexity index is 881. The van der Waals surface area contributed by atoms with Crippen molar-refractivity contribution in [1.29, 1.82) is 0 Å². The number of benzene rings is 1. The van der Waals surface area contributed by atoms with E-state index in [1.165, 1.54) is 4.72 Å². The Balaban J connectivity index is 0.00000261. The molecule has 2 unspecified atom stereocenters. The van der Waals surface area contributed by atoms with E-state index < -0.39 is 34.8 Å². The van der Waals surface area contributed by atoms with Gasteiger partial charge < -0.3 is 27.9 Å². The maximum atomic E-state index is 11.5. The number of hydrogen-bond acceptors (Lipinski definition) is 7. The molecule has 3 rings (SSSR count). The number of ether oxygens (including phenoxy) is 1. The van der Waals surface area contributed by atoms with E-state index in [1.54, 1.807) is 0 Å². The number of para-hydroxylation sites is 1. The number of amides is 1. The van der Waals surface area contributed by atoms with E-state index >= 15 is 0 Å². The Labute approximate surface area is 186 Å². The first kappa shape index (κ1) is 23.3. The van der Waals surface area contributed by atoms with Crippen molar-refractivity contribution in [3.8, 4) is 0 Å². The van der Waals surface area contributed by atoms with Crippen molar-refractivity contribution in [2.24, 2.45) is 0 Å². The zero-order valence-corrected chi connectivity index (χ0v) is 19.9. The van der Waals surface area contributed by atoms with Gasteiger partial charge in [0, 0.05) is 57.8 Å². The molecule has 1 aromatic carbocycles. The molecule has 2 heterocycles. The summed E-state index contributed by atoms with van der Waals surface area (Å²) in [5.74, 6) is 0. The fourth-order valence-corrected chi connectivity index (χ4v) is 4.03. The molecule has 0 spiro atoms. The molecule has 2 aromatic rings. The van der Waals surface area contributed by atoms with Gasteiger partial charge in [0.25, 0.3) is 0 Å². The summed E-state index contributed by atoms with van der Waals surface area (Å²) >= 11 is 0. The normalized spacial score (nSPS) is 25.3. The van der Waals surface area contributed by atoms with Gasteiger partial charge in [0.15, 0.2) is 6.23 Å². The number of aromatic nitrogens is 1. The van der Waals surface area contributed by atoms with Gasteiger partial charge in [0.1, 0.15) is 18.3 Å². The molecule has 9 nitrogen and oxygen atoms in total. The third-order valence-corrected chi connectivity index (χ3v) is 5.47. The number of nitrogens with zero attached hydrogens (tertiary/aromatic N) is 1.